The fraction of sp³-hybridized carbons (Fsp3) is 0.364. The number of Topliss-reactive ketones (excluding diaryl/α,β-unsaturated/α-hetero) is 1. The third-order valence-corrected chi connectivity index (χ3v) is 3.16. The minimum absolute atomic E-state index is 0.0718. The molecule has 0 N–H and O–H groups in total. The van der Waals surface area contributed by atoms with E-state index < -0.39 is 52.4 Å². The van der Waals surface area contributed by atoms with Crippen molar-refractivity contribution in [2.45, 2.75) is 23.2 Å². The summed E-state index contributed by atoms with van der Waals surface area (Å²) in [5.41, 5.74) is -4.78. The van der Waals surface area contributed by atoms with E-state index in [1.165, 1.54) is 0 Å². The lowest BCUT2D eigenvalue weighted by atomic mass is 10.1. The van der Waals surface area contributed by atoms with Crippen molar-refractivity contribution in [3.63, 3.8) is 0 Å². The van der Waals surface area contributed by atoms with E-state index in [-0.39, 0.29) is 5.56 Å². The first-order valence-electron chi connectivity index (χ1n) is 5.22. The largest absolute Gasteiger partial charge is 0.573 e. The molecule has 0 amide bonds. The van der Waals surface area contributed by atoms with Crippen LogP contribution < -0.4 is 4.74 Å². The van der Waals surface area contributed by atoms with Crippen LogP contribution in [0.25, 0.3) is 0 Å². The molecule has 0 fully saturated rings. The van der Waals surface area contributed by atoms with Gasteiger partial charge in [-0.05, 0) is 29.5 Å². The maximum absolute atomic E-state index is 12.4. The molecule has 0 bridgehead atoms. The Morgan fingerprint density at radius 1 is 1.19 bits per heavy atom. The van der Waals surface area contributed by atoms with Crippen LogP contribution in [0.15, 0.2) is 23.1 Å². The van der Waals surface area contributed by atoms with Crippen LogP contribution >= 0.6 is 23.4 Å². The summed E-state index contributed by atoms with van der Waals surface area (Å²) in [7, 11) is 0. The maximum atomic E-state index is 12.4. The molecule has 0 atom stereocenters. The quantitative estimate of drug-likeness (QED) is 0.442. The van der Waals surface area contributed by atoms with Crippen molar-refractivity contribution in [3.8, 4) is 5.75 Å². The van der Waals surface area contributed by atoms with Crippen LogP contribution in [-0.2, 0) is 11.2 Å². The minimum atomic E-state index is -5.02. The number of carbonyl (C=O) groups is 1. The Morgan fingerprint density at radius 3 is 2.29 bits per heavy atom. The van der Waals surface area contributed by atoms with Crippen molar-refractivity contribution in [3.05, 3.63) is 23.8 Å². The minimum Gasteiger partial charge on any atom is -0.406 e. The van der Waals surface area contributed by atoms with Gasteiger partial charge in [-0.1, -0.05) is 6.07 Å². The van der Waals surface area contributed by atoms with Gasteiger partial charge in [0.1, 0.15) is 5.75 Å². The molecule has 118 valence electrons. The molecule has 0 aliphatic heterocycles. The molecule has 0 aliphatic rings. The van der Waals surface area contributed by atoms with Crippen molar-refractivity contribution < 1.29 is 35.9 Å². The zero-order valence-corrected chi connectivity index (χ0v) is 11.6. The molecule has 0 aromatic heterocycles. The highest BCUT2D eigenvalue weighted by atomic mass is 35.5. The summed E-state index contributed by atoms with van der Waals surface area (Å²) in [5.74, 6) is -1.75. The number of hydrogen-bond donors (Lipinski definition) is 0. The molecule has 10 heteroatoms. The number of benzene rings is 1. The number of ether oxygens (including phenoxy) is 1. The van der Waals surface area contributed by atoms with Gasteiger partial charge in [0, 0.05) is 11.3 Å². The monoisotopic (exact) mass is 352 g/mol. The van der Waals surface area contributed by atoms with Gasteiger partial charge in [0.2, 0.25) is 0 Å². The van der Waals surface area contributed by atoms with Crippen LogP contribution in [0.3, 0.4) is 0 Å². The van der Waals surface area contributed by atoms with Crippen molar-refractivity contribution in [1.82, 2.24) is 0 Å². The highest BCUT2D eigenvalue weighted by Crippen LogP contribution is 2.40. The van der Waals surface area contributed by atoms with Gasteiger partial charge >= 0.3 is 11.9 Å². The van der Waals surface area contributed by atoms with Crippen molar-refractivity contribution in [1.29, 1.82) is 0 Å². The van der Waals surface area contributed by atoms with Gasteiger partial charge in [-0.25, -0.2) is 0 Å². The average molecular weight is 353 g/mol. The van der Waals surface area contributed by atoms with Crippen molar-refractivity contribution in [2.75, 3.05) is 5.88 Å². The zero-order chi connectivity index (χ0) is 16.3. The summed E-state index contributed by atoms with van der Waals surface area (Å²) < 4.78 is 76.9. The molecule has 1 rings (SSSR count). The summed E-state index contributed by atoms with van der Waals surface area (Å²) in [6, 6.07) is 2.40. The molecule has 21 heavy (non-hydrogen) atoms. The SMILES string of the molecule is O=C(CCl)Cc1ccc(OC(F)(F)F)cc1SC(F)(F)F. The van der Waals surface area contributed by atoms with E-state index in [2.05, 4.69) is 4.74 Å². The van der Waals surface area contributed by atoms with Gasteiger partial charge in [-0.3, -0.25) is 4.79 Å². The summed E-state index contributed by atoms with van der Waals surface area (Å²) in [6.45, 7) is 0. The third-order valence-electron chi connectivity index (χ3n) is 2.03. The lowest BCUT2D eigenvalue weighted by Gasteiger charge is -2.14. The number of thioether (sulfide) groups is 1. The van der Waals surface area contributed by atoms with Crippen molar-refractivity contribution >= 4 is 29.1 Å². The Balaban J connectivity index is 3.10. The van der Waals surface area contributed by atoms with Gasteiger partial charge in [-0.2, -0.15) is 13.2 Å². The molecule has 0 saturated heterocycles. The summed E-state index contributed by atoms with van der Waals surface area (Å²) in [5, 5.41) is 0. The van der Waals surface area contributed by atoms with E-state index in [4.69, 9.17) is 11.6 Å². The normalized spacial score (nSPS) is 12.3. The zero-order valence-electron chi connectivity index (χ0n) is 10.0. The number of carbonyl (C=O) groups excluding carboxylic acids is 1. The Morgan fingerprint density at radius 2 is 1.81 bits per heavy atom. The second kappa shape index (κ2) is 6.78. The molecule has 1 aromatic rings. The molecular formula is C11H7ClF6O2S. The van der Waals surface area contributed by atoms with Crippen LogP contribution in [-0.4, -0.2) is 23.5 Å². The Kier molecular flexibility index (Phi) is 5.80. The second-order valence-electron chi connectivity index (χ2n) is 3.71. The number of rotatable bonds is 5. The summed E-state index contributed by atoms with van der Waals surface area (Å²) >= 11 is 4.63. The van der Waals surface area contributed by atoms with Crippen LogP contribution in [0.1, 0.15) is 5.56 Å². The summed E-state index contributed by atoms with van der Waals surface area (Å²) in [4.78, 5) is 10.6. The Labute approximate surface area is 124 Å². The van der Waals surface area contributed by atoms with Crippen LogP contribution in [0.4, 0.5) is 26.3 Å². The van der Waals surface area contributed by atoms with Crippen molar-refractivity contribution in [2.24, 2.45) is 0 Å². The van der Waals surface area contributed by atoms with E-state index >= 15 is 0 Å². The van der Waals surface area contributed by atoms with Crippen LogP contribution in [0.2, 0.25) is 0 Å². The molecule has 0 radical (unpaired) electrons. The van der Waals surface area contributed by atoms with Gasteiger partial charge in [-0.15, -0.1) is 24.8 Å². The van der Waals surface area contributed by atoms with E-state index in [0.29, 0.717) is 6.07 Å². The highest BCUT2D eigenvalue weighted by molar-refractivity contribution is 8.00. The molecule has 0 unspecified atom stereocenters. The molecule has 0 aliphatic carbocycles. The molecule has 0 heterocycles. The molecule has 0 spiro atoms. The van der Waals surface area contributed by atoms with Gasteiger partial charge < -0.3 is 4.74 Å². The molecular weight excluding hydrogens is 346 g/mol. The van der Waals surface area contributed by atoms with Crippen LogP contribution in [0.5, 0.6) is 5.75 Å². The standard InChI is InChI=1S/C11H7ClF6O2S/c12-5-7(19)3-6-1-2-8(20-10(13,14)15)4-9(6)21-11(16,17)18/h1-2,4H,3,5H2. The average Bonchev–Trinajstić information content (AvgIpc) is 2.28. The smallest absolute Gasteiger partial charge is 0.406 e. The fourth-order valence-electron chi connectivity index (χ4n) is 1.36. The Bertz CT molecular complexity index is 514. The molecule has 0 saturated carbocycles. The highest BCUT2D eigenvalue weighted by Gasteiger charge is 2.33. The molecule has 2 nitrogen and oxygen atoms in total. The predicted octanol–water partition coefficient (Wildman–Crippen LogP) is 4.55. The van der Waals surface area contributed by atoms with Gasteiger partial charge in [0.15, 0.2) is 5.78 Å². The van der Waals surface area contributed by atoms with Gasteiger partial charge in [0.25, 0.3) is 0 Å². The second-order valence-corrected chi connectivity index (χ2v) is 5.09. The summed E-state index contributed by atoms with van der Waals surface area (Å²) in [6.07, 6.45) is -5.43. The van der Waals surface area contributed by atoms with Gasteiger partial charge in [0.05, 0.1) is 5.88 Å². The lowest BCUT2D eigenvalue weighted by Crippen LogP contribution is -2.17. The van der Waals surface area contributed by atoms with E-state index in [9.17, 15) is 31.1 Å². The maximum Gasteiger partial charge on any atom is 0.573 e. The Hall–Kier alpha value is -1.09. The lowest BCUT2D eigenvalue weighted by molar-refractivity contribution is -0.274. The predicted molar refractivity (Wildman–Crippen MR) is 64.5 cm³/mol. The van der Waals surface area contributed by atoms with E-state index in [1.807, 2.05) is 0 Å². The number of halogens is 7. The number of ketones is 1. The molecule has 1 aromatic carbocycles. The third kappa shape index (κ3) is 6.94. The van der Waals surface area contributed by atoms with E-state index in [1.54, 1.807) is 0 Å². The van der Waals surface area contributed by atoms with Crippen LogP contribution in [0, 0.1) is 0 Å². The first-order chi connectivity index (χ1) is 9.50. The fourth-order valence-corrected chi connectivity index (χ4v) is 2.15. The first kappa shape index (κ1) is 18.0. The first-order valence-corrected chi connectivity index (χ1v) is 6.57. The number of hydrogen-bond acceptors (Lipinski definition) is 3. The number of alkyl halides is 7. The topological polar surface area (TPSA) is 26.3 Å². The van der Waals surface area contributed by atoms with E-state index in [0.717, 1.165) is 12.1 Å².